The molecule has 2 rings (SSSR count). The van der Waals surface area contributed by atoms with Gasteiger partial charge in [0.2, 0.25) is 0 Å². The molecule has 0 amide bonds. The van der Waals surface area contributed by atoms with Crippen LogP contribution in [0.2, 0.25) is 0 Å². The van der Waals surface area contributed by atoms with Gasteiger partial charge in [-0.05, 0) is 36.2 Å². The summed E-state index contributed by atoms with van der Waals surface area (Å²) in [5.74, 6) is 0. The van der Waals surface area contributed by atoms with Gasteiger partial charge in [0.05, 0.1) is 0 Å². The van der Waals surface area contributed by atoms with Gasteiger partial charge in [-0.1, -0.05) is 12.1 Å². The van der Waals surface area contributed by atoms with Gasteiger partial charge in [0.15, 0.2) is 0 Å². The highest BCUT2D eigenvalue weighted by Crippen LogP contribution is 2.16. The molecular formula is C14H17N3. The monoisotopic (exact) mass is 227 g/mol. The Balaban J connectivity index is 1.96. The summed E-state index contributed by atoms with van der Waals surface area (Å²) in [6.07, 6.45) is 4.69. The lowest BCUT2D eigenvalue weighted by Gasteiger charge is -2.19. The van der Waals surface area contributed by atoms with Crippen LogP contribution in [0.15, 0.2) is 48.8 Å². The fourth-order valence-electron chi connectivity index (χ4n) is 1.73. The van der Waals surface area contributed by atoms with Crippen LogP contribution >= 0.6 is 0 Å². The third-order valence-corrected chi connectivity index (χ3v) is 2.77. The number of aromatic nitrogens is 1. The average Bonchev–Trinajstić information content (AvgIpc) is 2.37. The second-order valence-corrected chi connectivity index (χ2v) is 4.13. The third kappa shape index (κ3) is 3.21. The van der Waals surface area contributed by atoms with Crippen LogP contribution in [0.1, 0.15) is 5.56 Å². The number of nitrogens with zero attached hydrogens (tertiary/aromatic N) is 2. The molecule has 1 aromatic carbocycles. The first-order chi connectivity index (χ1) is 8.25. The molecule has 0 aliphatic heterocycles. The number of anilines is 2. The normalized spacial score (nSPS) is 10.2. The number of likely N-dealkylation sites (N-methyl/N-ethyl adjacent to an activating group) is 1. The second kappa shape index (κ2) is 5.34. The standard InChI is InChI=1S/C14H17N3/c1-17(14-6-2-5-13(15)10-14)9-7-12-4-3-8-16-11-12/h2-6,8,10-11H,7,9,15H2,1H3. The molecule has 0 aliphatic rings. The maximum atomic E-state index is 5.77. The predicted molar refractivity (Wildman–Crippen MR) is 72.1 cm³/mol. The minimum Gasteiger partial charge on any atom is -0.399 e. The number of hydrogen-bond donors (Lipinski definition) is 1. The molecule has 0 aliphatic carbocycles. The predicted octanol–water partition coefficient (Wildman–Crippen LogP) is 2.34. The van der Waals surface area contributed by atoms with Gasteiger partial charge in [0.25, 0.3) is 0 Å². The Labute approximate surface area is 102 Å². The molecule has 0 spiro atoms. The van der Waals surface area contributed by atoms with Crippen LogP contribution < -0.4 is 10.6 Å². The van der Waals surface area contributed by atoms with Gasteiger partial charge in [-0.2, -0.15) is 0 Å². The van der Waals surface area contributed by atoms with E-state index < -0.39 is 0 Å². The molecule has 1 heterocycles. The quantitative estimate of drug-likeness (QED) is 0.815. The van der Waals surface area contributed by atoms with Gasteiger partial charge >= 0.3 is 0 Å². The van der Waals surface area contributed by atoms with Crippen molar-refractivity contribution in [1.29, 1.82) is 0 Å². The summed E-state index contributed by atoms with van der Waals surface area (Å²) in [6.45, 7) is 0.954. The number of rotatable bonds is 4. The fourth-order valence-corrected chi connectivity index (χ4v) is 1.73. The molecule has 2 N–H and O–H groups in total. The van der Waals surface area contributed by atoms with Crippen molar-refractivity contribution in [2.24, 2.45) is 0 Å². The van der Waals surface area contributed by atoms with Crippen molar-refractivity contribution < 1.29 is 0 Å². The highest BCUT2D eigenvalue weighted by Gasteiger charge is 2.01. The van der Waals surface area contributed by atoms with E-state index in [1.165, 1.54) is 5.56 Å². The van der Waals surface area contributed by atoms with Crippen molar-refractivity contribution in [1.82, 2.24) is 4.98 Å². The van der Waals surface area contributed by atoms with E-state index in [0.29, 0.717) is 0 Å². The molecule has 1 aromatic heterocycles. The molecule has 0 saturated heterocycles. The maximum Gasteiger partial charge on any atom is 0.0384 e. The molecule has 88 valence electrons. The molecule has 0 bridgehead atoms. The lowest BCUT2D eigenvalue weighted by molar-refractivity contribution is 0.872. The van der Waals surface area contributed by atoms with Crippen LogP contribution in [0.25, 0.3) is 0 Å². The minimum atomic E-state index is 0.802. The molecule has 3 heteroatoms. The zero-order valence-electron chi connectivity index (χ0n) is 10.0. The summed E-state index contributed by atoms with van der Waals surface area (Å²) < 4.78 is 0. The Hall–Kier alpha value is -2.03. The van der Waals surface area contributed by atoms with E-state index in [2.05, 4.69) is 29.1 Å². The molecule has 0 fully saturated rings. The molecule has 2 aromatic rings. The average molecular weight is 227 g/mol. The second-order valence-electron chi connectivity index (χ2n) is 4.13. The van der Waals surface area contributed by atoms with Crippen LogP contribution in [0.3, 0.4) is 0 Å². The molecule has 0 unspecified atom stereocenters. The summed E-state index contributed by atoms with van der Waals surface area (Å²) >= 11 is 0. The Kier molecular flexibility index (Phi) is 3.60. The molecule has 17 heavy (non-hydrogen) atoms. The van der Waals surface area contributed by atoms with Crippen molar-refractivity contribution in [2.75, 3.05) is 24.2 Å². The van der Waals surface area contributed by atoms with E-state index in [4.69, 9.17) is 5.73 Å². The largest absolute Gasteiger partial charge is 0.399 e. The van der Waals surface area contributed by atoms with Crippen LogP contribution in [-0.4, -0.2) is 18.6 Å². The highest BCUT2D eigenvalue weighted by molar-refractivity contribution is 5.55. The van der Waals surface area contributed by atoms with Gasteiger partial charge in [-0.3, -0.25) is 4.98 Å². The van der Waals surface area contributed by atoms with Gasteiger partial charge in [0, 0.05) is 37.4 Å². The summed E-state index contributed by atoms with van der Waals surface area (Å²) in [4.78, 5) is 6.31. The lowest BCUT2D eigenvalue weighted by Crippen LogP contribution is -2.20. The summed E-state index contributed by atoms with van der Waals surface area (Å²) in [6, 6.07) is 12.0. The maximum absolute atomic E-state index is 5.77. The van der Waals surface area contributed by atoms with Gasteiger partial charge in [-0.25, -0.2) is 0 Å². The minimum absolute atomic E-state index is 0.802. The van der Waals surface area contributed by atoms with Crippen LogP contribution in [0.5, 0.6) is 0 Å². The molecule has 0 radical (unpaired) electrons. The fraction of sp³-hybridized carbons (Fsp3) is 0.214. The van der Waals surface area contributed by atoms with Crippen LogP contribution in [0, 0.1) is 0 Å². The smallest absolute Gasteiger partial charge is 0.0384 e. The third-order valence-electron chi connectivity index (χ3n) is 2.77. The lowest BCUT2D eigenvalue weighted by atomic mass is 10.2. The van der Waals surface area contributed by atoms with Crippen LogP contribution in [-0.2, 0) is 6.42 Å². The topological polar surface area (TPSA) is 42.2 Å². The summed E-state index contributed by atoms with van der Waals surface area (Å²) in [5, 5.41) is 0. The zero-order chi connectivity index (χ0) is 12.1. The van der Waals surface area contributed by atoms with Gasteiger partial charge in [-0.15, -0.1) is 0 Å². The number of hydrogen-bond acceptors (Lipinski definition) is 3. The van der Waals surface area contributed by atoms with E-state index in [1.807, 2.05) is 30.5 Å². The van der Waals surface area contributed by atoms with Crippen molar-refractivity contribution in [3.63, 3.8) is 0 Å². The van der Waals surface area contributed by atoms with Gasteiger partial charge < -0.3 is 10.6 Å². The van der Waals surface area contributed by atoms with E-state index in [9.17, 15) is 0 Å². The Morgan fingerprint density at radius 1 is 1.24 bits per heavy atom. The van der Waals surface area contributed by atoms with Crippen molar-refractivity contribution in [2.45, 2.75) is 6.42 Å². The molecular weight excluding hydrogens is 210 g/mol. The number of nitrogens with two attached hydrogens (primary N) is 1. The summed E-state index contributed by atoms with van der Waals surface area (Å²) in [5.41, 5.74) is 8.97. The van der Waals surface area contributed by atoms with E-state index in [0.717, 1.165) is 24.3 Å². The Bertz CT molecular complexity index is 468. The van der Waals surface area contributed by atoms with Crippen LogP contribution in [0.4, 0.5) is 11.4 Å². The first-order valence-electron chi connectivity index (χ1n) is 5.71. The van der Waals surface area contributed by atoms with E-state index in [1.54, 1.807) is 6.20 Å². The molecule has 0 atom stereocenters. The highest BCUT2D eigenvalue weighted by atomic mass is 15.1. The van der Waals surface area contributed by atoms with Gasteiger partial charge in [0.1, 0.15) is 0 Å². The summed E-state index contributed by atoms with van der Waals surface area (Å²) in [7, 11) is 2.07. The van der Waals surface area contributed by atoms with Crippen molar-refractivity contribution in [3.8, 4) is 0 Å². The number of benzene rings is 1. The number of pyridine rings is 1. The van der Waals surface area contributed by atoms with E-state index in [-0.39, 0.29) is 0 Å². The molecule has 3 nitrogen and oxygen atoms in total. The van der Waals surface area contributed by atoms with E-state index >= 15 is 0 Å². The zero-order valence-corrected chi connectivity index (χ0v) is 10.0. The number of nitrogen functional groups attached to an aromatic ring is 1. The Morgan fingerprint density at radius 2 is 2.12 bits per heavy atom. The Morgan fingerprint density at radius 3 is 2.82 bits per heavy atom. The first kappa shape index (κ1) is 11.5. The van der Waals surface area contributed by atoms with Crippen molar-refractivity contribution in [3.05, 3.63) is 54.4 Å². The first-order valence-corrected chi connectivity index (χ1v) is 5.71. The van der Waals surface area contributed by atoms with Crippen molar-refractivity contribution >= 4 is 11.4 Å². The molecule has 0 saturated carbocycles. The SMILES string of the molecule is CN(CCc1cccnc1)c1cccc(N)c1.